The minimum atomic E-state index is -4.63. The quantitative estimate of drug-likeness (QED) is 0.823. The Morgan fingerprint density at radius 2 is 1.93 bits per heavy atom. The van der Waals surface area contributed by atoms with E-state index in [9.17, 15) is 28.2 Å². The largest absolute Gasteiger partial charge is 0.476 e. The lowest BCUT2D eigenvalue weighted by atomic mass is 9.70. The molecular formula is C19H21F3N2O3. The van der Waals surface area contributed by atoms with Crippen LogP contribution in [0.2, 0.25) is 0 Å². The molecule has 3 rings (SSSR count). The van der Waals surface area contributed by atoms with Gasteiger partial charge in [0, 0.05) is 17.7 Å². The highest BCUT2D eigenvalue weighted by molar-refractivity contribution is 5.86. The first-order valence-electron chi connectivity index (χ1n) is 8.68. The van der Waals surface area contributed by atoms with Crippen molar-refractivity contribution in [2.75, 3.05) is 0 Å². The number of alkyl halides is 3. The van der Waals surface area contributed by atoms with Crippen LogP contribution in [0.5, 0.6) is 0 Å². The van der Waals surface area contributed by atoms with Crippen LogP contribution in [0.3, 0.4) is 0 Å². The maximum absolute atomic E-state index is 13.6. The molecule has 8 heteroatoms. The van der Waals surface area contributed by atoms with Crippen molar-refractivity contribution in [1.29, 1.82) is 0 Å². The summed E-state index contributed by atoms with van der Waals surface area (Å²) in [6.07, 6.45) is -2.03. The fourth-order valence-corrected chi connectivity index (χ4v) is 3.77. The summed E-state index contributed by atoms with van der Waals surface area (Å²) in [5.74, 6) is -0.693. The molecule has 0 radical (unpaired) electrons. The average molecular weight is 382 g/mol. The smallest absolute Gasteiger partial charge is 0.417 e. The second kappa shape index (κ2) is 6.67. The van der Waals surface area contributed by atoms with Crippen LogP contribution in [-0.2, 0) is 24.7 Å². The summed E-state index contributed by atoms with van der Waals surface area (Å²) in [6.45, 7) is 2.64. The number of aliphatic hydroxyl groups is 1. The molecule has 0 unspecified atom stereocenters. The molecule has 0 amide bonds. The number of carboxylic acid groups (broad SMARTS) is 1. The van der Waals surface area contributed by atoms with Gasteiger partial charge in [0.25, 0.3) is 0 Å². The molecule has 0 atom stereocenters. The minimum Gasteiger partial charge on any atom is -0.476 e. The fraction of sp³-hybridized carbons (Fsp3) is 0.474. The van der Waals surface area contributed by atoms with Crippen molar-refractivity contribution in [3.05, 3.63) is 52.1 Å². The van der Waals surface area contributed by atoms with E-state index in [0.717, 1.165) is 19.3 Å². The van der Waals surface area contributed by atoms with E-state index >= 15 is 0 Å². The Labute approximate surface area is 154 Å². The predicted molar refractivity (Wildman–Crippen MR) is 91.6 cm³/mol. The zero-order chi connectivity index (χ0) is 20.0. The summed E-state index contributed by atoms with van der Waals surface area (Å²) in [7, 11) is 0. The third-order valence-electron chi connectivity index (χ3n) is 5.44. The normalized spacial score (nSPS) is 16.2. The summed E-state index contributed by atoms with van der Waals surface area (Å²) in [5, 5.41) is 18.7. The fourth-order valence-electron chi connectivity index (χ4n) is 3.77. The molecule has 1 aromatic carbocycles. The van der Waals surface area contributed by atoms with Crippen molar-refractivity contribution in [3.63, 3.8) is 0 Å². The van der Waals surface area contributed by atoms with E-state index in [0.29, 0.717) is 11.5 Å². The highest BCUT2D eigenvalue weighted by atomic mass is 19.4. The van der Waals surface area contributed by atoms with Gasteiger partial charge in [-0.1, -0.05) is 31.5 Å². The lowest BCUT2D eigenvalue weighted by molar-refractivity contribution is -0.139. The van der Waals surface area contributed by atoms with Crippen LogP contribution >= 0.6 is 0 Å². The zero-order valence-electron chi connectivity index (χ0n) is 15.1. The predicted octanol–water partition coefficient (Wildman–Crippen LogP) is 3.89. The zero-order valence-corrected chi connectivity index (χ0v) is 15.1. The topological polar surface area (TPSA) is 75.3 Å². The molecule has 0 saturated heterocycles. The summed E-state index contributed by atoms with van der Waals surface area (Å²) < 4.78 is 42.4. The molecule has 1 aliphatic rings. The molecule has 5 nitrogen and oxygen atoms in total. The maximum Gasteiger partial charge on any atom is 0.417 e. The van der Waals surface area contributed by atoms with Crippen LogP contribution in [0, 0.1) is 6.92 Å². The number of aromatic nitrogens is 2. The molecule has 1 saturated carbocycles. The monoisotopic (exact) mass is 382 g/mol. The molecule has 1 fully saturated rings. The first kappa shape index (κ1) is 19.4. The number of hydrogen-bond donors (Lipinski definition) is 2. The van der Waals surface area contributed by atoms with E-state index in [2.05, 4.69) is 4.98 Å². The molecule has 2 aromatic rings. The number of aromatic carboxylic acids is 1. The number of benzene rings is 1. The molecular weight excluding hydrogens is 361 g/mol. The highest BCUT2D eigenvalue weighted by Gasteiger charge is 2.40. The lowest BCUT2D eigenvalue weighted by Gasteiger charge is -2.38. The molecule has 1 aliphatic carbocycles. The van der Waals surface area contributed by atoms with Gasteiger partial charge in [-0.05, 0) is 30.9 Å². The number of halogens is 3. The minimum absolute atomic E-state index is 0.0179. The van der Waals surface area contributed by atoms with Crippen LogP contribution in [0.25, 0.3) is 0 Å². The lowest BCUT2D eigenvalue weighted by Crippen LogP contribution is -2.34. The standard InChI is InChI=1S/C19H21F3N2O3/c1-11-15(16(26)27)23-17(18(2)7-4-8-18)24(11)9-12-5-3-6-13(10-25)14(12)19(20,21)22/h3,5-6,25H,4,7-10H2,1-2H3,(H,26,27). The van der Waals surface area contributed by atoms with Gasteiger partial charge in [0.2, 0.25) is 0 Å². The van der Waals surface area contributed by atoms with Crippen LogP contribution in [-0.4, -0.2) is 25.7 Å². The van der Waals surface area contributed by atoms with E-state index in [1.54, 1.807) is 11.5 Å². The van der Waals surface area contributed by atoms with Gasteiger partial charge in [0.15, 0.2) is 5.69 Å². The van der Waals surface area contributed by atoms with Crippen LogP contribution < -0.4 is 0 Å². The third-order valence-corrected chi connectivity index (χ3v) is 5.44. The van der Waals surface area contributed by atoms with Crippen molar-refractivity contribution >= 4 is 5.97 Å². The summed E-state index contributed by atoms with van der Waals surface area (Å²) in [6, 6.07) is 4.06. The molecule has 0 aliphatic heterocycles. The average Bonchev–Trinajstić information content (AvgIpc) is 2.89. The Morgan fingerprint density at radius 1 is 1.30 bits per heavy atom. The summed E-state index contributed by atoms with van der Waals surface area (Å²) in [4.78, 5) is 15.8. The molecule has 27 heavy (non-hydrogen) atoms. The van der Waals surface area contributed by atoms with Gasteiger partial charge in [-0.3, -0.25) is 0 Å². The summed E-state index contributed by atoms with van der Waals surface area (Å²) >= 11 is 0. The van der Waals surface area contributed by atoms with Gasteiger partial charge in [-0.2, -0.15) is 13.2 Å². The van der Waals surface area contributed by atoms with Gasteiger partial charge in [-0.15, -0.1) is 0 Å². The number of imidazole rings is 1. The van der Waals surface area contributed by atoms with Gasteiger partial charge in [0.05, 0.1) is 12.2 Å². The van der Waals surface area contributed by atoms with E-state index in [4.69, 9.17) is 0 Å². The number of carboxylic acids is 1. The first-order chi connectivity index (χ1) is 12.6. The van der Waals surface area contributed by atoms with Gasteiger partial charge in [-0.25, -0.2) is 9.78 Å². The molecule has 2 N–H and O–H groups in total. The Morgan fingerprint density at radius 3 is 2.41 bits per heavy atom. The van der Waals surface area contributed by atoms with Gasteiger partial charge < -0.3 is 14.8 Å². The number of hydrogen-bond acceptors (Lipinski definition) is 3. The molecule has 1 aromatic heterocycles. The SMILES string of the molecule is Cc1c(C(=O)O)nc(C2(C)CCC2)n1Cc1cccc(CO)c1C(F)(F)F. The molecule has 1 heterocycles. The van der Waals surface area contributed by atoms with Gasteiger partial charge >= 0.3 is 12.1 Å². The Balaban J connectivity index is 2.16. The van der Waals surface area contributed by atoms with Crippen molar-refractivity contribution in [2.45, 2.75) is 57.9 Å². The third kappa shape index (κ3) is 3.34. The highest BCUT2D eigenvalue weighted by Crippen LogP contribution is 2.44. The molecule has 0 spiro atoms. The second-order valence-corrected chi connectivity index (χ2v) is 7.28. The van der Waals surface area contributed by atoms with E-state index in [-0.39, 0.29) is 28.8 Å². The Hall–Kier alpha value is -2.35. The van der Waals surface area contributed by atoms with Crippen LogP contribution in [0.1, 0.15) is 64.9 Å². The Kier molecular flexibility index (Phi) is 4.80. The van der Waals surface area contributed by atoms with E-state index in [1.165, 1.54) is 18.2 Å². The molecule has 146 valence electrons. The maximum atomic E-state index is 13.6. The van der Waals surface area contributed by atoms with Crippen molar-refractivity contribution in [2.24, 2.45) is 0 Å². The van der Waals surface area contributed by atoms with Crippen LogP contribution in [0.15, 0.2) is 18.2 Å². The van der Waals surface area contributed by atoms with Crippen molar-refractivity contribution in [3.8, 4) is 0 Å². The number of nitrogens with zero attached hydrogens (tertiary/aromatic N) is 2. The first-order valence-corrected chi connectivity index (χ1v) is 8.68. The van der Waals surface area contributed by atoms with Crippen LogP contribution in [0.4, 0.5) is 13.2 Å². The summed E-state index contributed by atoms with van der Waals surface area (Å²) in [5.41, 5.74) is -1.24. The second-order valence-electron chi connectivity index (χ2n) is 7.28. The van der Waals surface area contributed by atoms with Crippen molar-refractivity contribution < 1.29 is 28.2 Å². The molecule has 0 bridgehead atoms. The van der Waals surface area contributed by atoms with Crippen molar-refractivity contribution in [1.82, 2.24) is 9.55 Å². The van der Waals surface area contributed by atoms with E-state index < -0.39 is 24.3 Å². The number of rotatable bonds is 5. The number of carbonyl (C=O) groups is 1. The Bertz CT molecular complexity index is 883. The van der Waals surface area contributed by atoms with Gasteiger partial charge in [0.1, 0.15) is 5.82 Å². The number of aliphatic hydroxyl groups excluding tert-OH is 1. The van der Waals surface area contributed by atoms with E-state index in [1.807, 2.05) is 6.92 Å².